The molecule has 1 aromatic carbocycles. The lowest BCUT2D eigenvalue weighted by Crippen LogP contribution is -2.19. The van der Waals surface area contributed by atoms with Crippen molar-refractivity contribution in [3.63, 3.8) is 0 Å². The van der Waals surface area contributed by atoms with Crippen molar-refractivity contribution in [3.8, 4) is 0 Å². The van der Waals surface area contributed by atoms with Crippen LogP contribution in [0.15, 0.2) is 24.3 Å². The Balaban J connectivity index is 0.00000133. The fraction of sp³-hybridized carbons (Fsp3) is 0.500. The number of hydrogen-bond donors (Lipinski definition) is 1. The number of piperidine rings is 1. The molecule has 2 aliphatic rings. The molecule has 14 heavy (non-hydrogen) atoms. The van der Waals surface area contributed by atoms with Gasteiger partial charge in [-0.25, -0.2) is 0 Å². The largest absolute Gasteiger partial charge is 0.316 e. The van der Waals surface area contributed by atoms with Crippen molar-refractivity contribution in [1.29, 1.82) is 0 Å². The van der Waals surface area contributed by atoms with Gasteiger partial charge in [-0.3, -0.25) is 0 Å². The molecule has 2 atom stereocenters. The van der Waals surface area contributed by atoms with Gasteiger partial charge in [0.05, 0.1) is 0 Å². The second kappa shape index (κ2) is 3.25. The molecule has 2 unspecified atom stereocenters. The number of rotatable bonds is 1. The maximum Gasteiger partial charge on any atom is 0.0431 e. The number of halogens is 1. The van der Waals surface area contributed by atoms with Crippen LogP contribution >= 0.6 is 12.4 Å². The van der Waals surface area contributed by atoms with Crippen molar-refractivity contribution in [3.05, 3.63) is 35.4 Å². The number of fused-ring (bicyclic) bond motifs is 1. The van der Waals surface area contributed by atoms with E-state index in [1.54, 1.807) is 6.07 Å². The first-order valence-electron chi connectivity index (χ1n) is 7.03. The summed E-state index contributed by atoms with van der Waals surface area (Å²) in [5, 5.41) is 2.66. The second-order valence-corrected chi connectivity index (χ2v) is 3.75. The predicted molar refractivity (Wildman–Crippen MR) is 61.1 cm³/mol. The summed E-state index contributed by atoms with van der Waals surface area (Å²) in [6.45, 7) is 0.0843. The van der Waals surface area contributed by atoms with E-state index in [9.17, 15) is 0 Å². The Morgan fingerprint density at radius 2 is 2.50 bits per heavy atom. The fourth-order valence-corrected chi connectivity index (χ4v) is 1.95. The van der Waals surface area contributed by atoms with Gasteiger partial charge in [-0.1, -0.05) is 29.8 Å². The summed E-state index contributed by atoms with van der Waals surface area (Å²) in [7, 11) is 0. The Morgan fingerprint density at radius 3 is 3.14 bits per heavy atom. The minimum Gasteiger partial charge on any atom is -0.316 e. The molecular weight excluding hydrogens is 194 g/mol. The molecule has 1 heterocycles. The van der Waals surface area contributed by atoms with Crippen LogP contribution in [0, 0.1) is 12.8 Å². The molecule has 0 spiro atoms. The number of hydrogen-bond acceptors (Lipinski definition) is 1. The van der Waals surface area contributed by atoms with E-state index in [-0.39, 0.29) is 19.0 Å². The van der Waals surface area contributed by atoms with E-state index < -0.39 is 24.2 Å². The molecule has 1 nitrogen and oxygen atoms in total. The topological polar surface area (TPSA) is 12.0 Å². The summed E-state index contributed by atoms with van der Waals surface area (Å²) >= 11 is 0. The summed E-state index contributed by atoms with van der Waals surface area (Å²) in [6, 6.07) is 7.41. The third kappa shape index (κ3) is 1.27. The Labute approximate surface area is 98.3 Å². The molecule has 3 rings (SSSR count). The lowest BCUT2D eigenvalue weighted by Gasteiger charge is -2.12. The smallest absolute Gasteiger partial charge is 0.0431 e. The van der Waals surface area contributed by atoms with Gasteiger partial charge in [0.2, 0.25) is 0 Å². The molecule has 0 aromatic heterocycles. The fourth-order valence-electron chi connectivity index (χ4n) is 1.95. The van der Waals surface area contributed by atoms with E-state index >= 15 is 0 Å². The molecule has 1 saturated carbocycles. The molecule has 0 radical (unpaired) electrons. The average Bonchev–Trinajstić information content (AvgIpc) is 2.53. The molecule has 1 saturated heterocycles. The minimum absolute atomic E-state index is 0. The van der Waals surface area contributed by atoms with Gasteiger partial charge in [-0.05, 0) is 31.3 Å². The highest BCUT2D eigenvalue weighted by molar-refractivity contribution is 5.85. The summed E-state index contributed by atoms with van der Waals surface area (Å²) in [4.78, 5) is 0. The van der Waals surface area contributed by atoms with Gasteiger partial charge in [0.15, 0.2) is 0 Å². The van der Waals surface area contributed by atoms with E-state index in [2.05, 4.69) is 5.32 Å². The Kier molecular flexibility index (Phi) is 1.28. The van der Waals surface area contributed by atoms with Crippen LogP contribution in [0.2, 0.25) is 0 Å². The summed E-state index contributed by atoms with van der Waals surface area (Å²) in [5.74, 6) is -1.75. The van der Waals surface area contributed by atoms with Crippen molar-refractivity contribution >= 4 is 12.4 Å². The van der Waals surface area contributed by atoms with Crippen molar-refractivity contribution < 1.29 is 6.85 Å². The first-order chi connectivity index (χ1) is 8.21. The zero-order chi connectivity index (χ0) is 13.4. The minimum atomic E-state index is -2.00. The molecule has 1 N–H and O–H groups in total. The SMILES string of the molecule is Cl.[2H]C1([2H])NCC2(c3cccc(C)c3)C([2H])([2H])C12[2H]. The Bertz CT molecular complexity index is 535. The van der Waals surface area contributed by atoms with E-state index in [0.717, 1.165) is 11.1 Å². The lowest BCUT2D eigenvalue weighted by atomic mass is 9.94. The van der Waals surface area contributed by atoms with Gasteiger partial charge < -0.3 is 5.32 Å². The van der Waals surface area contributed by atoms with Gasteiger partial charge in [0, 0.05) is 18.8 Å². The molecule has 0 bridgehead atoms. The number of nitrogens with one attached hydrogen (secondary N) is 1. The normalized spacial score (nSPS) is 51.1. The summed E-state index contributed by atoms with van der Waals surface area (Å²) < 4.78 is 40.1. The van der Waals surface area contributed by atoms with Crippen LogP contribution in [0.25, 0.3) is 0 Å². The zero-order valence-electron chi connectivity index (χ0n) is 12.9. The van der Waals surface area contributed by atoms with Gasteiger partial charge in [-0.2, -0.15) is 0 Å². The zero-order valence-corrected chi connectivity index (χ0v) is 8.74. The van der Waals surface area contributed by atoms with E-state index in [1.807, 2.05) is 25.1 Å². The third-order valence-electron chi connectivity index (χ3n) is 2.78. The maximum atomic E-state index is 8.31. The summed E-state index contributed by atoms with van der Waals surface area (Å²) in [6.07, 6.45) is -1.84. The van der Waals surface area contributed by atoms with Gasteiger partial charge in [0.1, 0.15) is 0 Å². The monoisotopic (exact) mass is 214 g/mol. The highest BCUT2D eigenvalue weighted by Gasteiger charge is 2.57. The van der Waals surface area contributed by atoms with Gasteiger partial charge in [0.25, 0.3) is 0 Å². The van der Waals surface area contributed by atoms with Crippen molar-refractivity contribution in [2.75, 3.05) is 13.0 Å². The van der Waals surface area contributed by atoms with E-state index in [4.69, 9.17) is 6.85 Å². The quantitative estimate of drug-likeness (QED) is 0.757. The van der Waals surface area contributed by atoms with Crippen LogP contribution in [0.4, 0.5) is 0 Å². The van der Waals surface area contributed by atoms with E-state index in [0.29, 0.717) is 0 Å². The first kappa shape index (κ1) is 5.53. The van der Waals surface area contributed by atoms with Crippen LogP contribution in [0.3, 0.4) is 0 Å². The standard InChI is InChI=1S/C12H15N.ClH/c1-9-3-2-4-10(5-9)12-6-11(12)7-13-8-12;/h2-5,11,13H,6-8H2,1H3;1H/i6D2,7D2,11D;. The van der Waals surface area contributed by atoms with Crippen molar-refractivity contribution in [2.24, 2.45) is 5.89 Å². The third-order valence-corrected chi connectivity index (χ3v) is 2.78. The molecular formula is C12H16ClN. The molecule has 76 valence electrons. The first-order valence-corrected chi connectivity index (χ1v) is 4.53. The molecule has 1 aliphatic carbocycles. The number of aryl methyl sites for hydroxylation is 1. The molecule has 1 aliphatic heterocycles. The Hall–Kier alpha value is -0.530. The lowest BCUT2D eigenvalue weighted by molar-refractivity contribution is 0.675. The van der Waals surface area contributed by atoms with Crippen LogP contribution < -0.4 is 5.32 Å². The van der Waals surface area contributed by atoms with Crippen LogP contribution in [-0.2, 0) is 5.41 Å². The van der Waals surface area contributed by atoms with Crippen LogP contribution in [-0.4, -0.2) is 13.0 Å². The molecule has 1 aromatic rings. The van der Waals surface area contributed by atoms with Gasteiger partial charge in [-0.15, -0.1) is 12.4 Å². The molecule has 2 fully saturated rings. The van der Waals surface area contributed by atoms with Crippen molar-refractivity contribution in [2.45, 2.75) is 18.7 Å². The summed E-state index contributed by atoms with van der Waals surface area (Å²) in [5.41, 5.74) is 0.644. The highest BCUT2D eigenvalue weighted by Crippen LogP contribution is 2.56. The molecule has 2 heteroatoms. The van der Waals surface area contributed by atoms with Crippen LogP contribution in [0.1, 0.15) is 24.4 Å². The second-order valence-electron chi connectivity index (χ2n) is 3.75. The predicted octanol–water partition coefficient (Wildman–Crippen LogP) is 2.28. The average molecular weight is 215 g/mol. The van der Waals surface area contributed by atoms with Crippen molar-refractivity contribution in [1.82, 2.24) is 5.32 Å². The molecule has 0 amide bonds. The highest BCUT2D eigenvalue weighted by atomic mass is 35.5. The Morgan fingerprint density at radius 1 is 1.64 bits per heavy atom. The number of benzene rings is 1. The van der Waals surface area contributed by atoms with Gasteiger partial charge >= 0.3 is 0 Å². The maximum absolute atomic E-state index is 8.31. The van der Waals surface area contributed by atoms with Crippen LogP contribution in [0.5, 0.6) is 0 Å². The van der Waals surface area contributed by atoms with E-state index in [1.165, 1.54) is 0 Å².